The predicted octanol–water partition coefficient (Wildman–Crippen LogP) is 3.96. The summed E-state index contributed by atoms with van der Waals surface area (Å²) < 4.78 is 37.5. The first-order valence-corrected chi connectivity index (χ1v) is 9.26. The molecule has 0 aromatic heterocycles. The van der Waals surface area contributed by atoms with Crippen LogP contribution in [0.4, 0.5) is 5.69 Å². The third-order valence-electron chi connectivity index (χ3n) is 3.50. The Morgan fingerprint density at radius 3 is 2.21 bits per heavy atom. The molecule has 0 N–H and O–H groups in total. The highest BCUT2D eigenvalue weighted by Crippen LogP contribution is 2.32. The molecule has 0 fully saturated rings. The Bertz CT molecular complexity index is 791. The maximum atomic E-state index is 13.0. The SMILES string of the molecule is CCCN(c1ccc(OC)c(Cl)c1)S(=O)(=O)c1ccc(OC)cc1. The van der Waals surface area contributed by atoms with Gasteiger partial charge in [-0.1, -0.05) is 18.5 Å². The van der Waals surface area contributed by atoms with Crippen LogP contribution >= 0.6 is 11.6 Å². The van der Waals surface area contributed by atoms with Gasteiger partial charge in [0.05, 0.1) is 29.8 Å². The minimum Gasteiger partial charge on any atom is -0.497 e. The van der Waals surface area contributed by atoms with E-state index in [1.807, 2.05) is 6.92 Å². The Hall–Kier alpha value is -1.92. The van der Waals surface area contributed by atoms with E-state index in [1.54, 1.807) is 30.3 Å². The molecule has 2 aromatic rings. The van der Waals surface area contributed by atoms with Crippen LogP contribution < -0.4 is 13.8 Å². The Morgan fingerprint density at radius 1 is 1.04 bits per heavy atom. The highest BCUT2D eigenvalue weighted by Gasteiger charge is 2.25. The summed E-state index contributed by atoms with van der Waals surface area (Å²) in [6, 6.07) is 11.2. The van der Waals surface area contributed by atoms with Crippen LogP contribution in [-0.4, -0.2) is 29.2 Å². The summed E-state index contributed by atoms with van der Waals surface area (Å²) in [7, 11) is -0.653. The number of methoxy groups -OCH3 is 2. The van der Waals surface area contributed by atoms with Gasteiger partial charge in [-0.3, -0.25) is 4.31 Å². The van der Waals surface area contributed by atoms with Crippen LogP contribution in [0.15, 0.2) is 47.4 Å². The second-order valence-electron chi connectivity index (χ2n) is 5.07. The molecule has 5 nitrogen and oxygen atoms in total. The molecular weight excluding hydrogens is 350 g/mol. The number of ether oxygens (including phenoxy) is 2. The second-order valence-corrected chi connectivity index (χ2v) is 7.34. The maximum Gasteiger partial charge on any atom is 0.264 e. The average molecular weight is 370 g/mol. The molecule has 0 bridgehead atoms. The molecular formula is C17H20ClNO4S. The molecule has 0 aliphatic heterocycles. The minimum atomic E-state index is -3.70. The van der Waals surface area contributed by atoms with Crippen molar-refractivity contribution in [1.29, 1.82) is 0 Å². The number of halogens is 1. The van der Waals surface area contributed by atoms with Gasteiger partial charge in [0, 0.05) is 6.54 Å². The van der Waals surface area contributed by atoms with Gasteiger partial charge in [0.15, 0.2) is 0 Å². The van der Waals surface area contributed by atoms with Gasteiger partial charge in [0.2, 0.25) is 0 Å². The standard InChI is InChI=1S/C17H20ClNO4S/c1-4-11-19(13-5-10-17(23-3)16(18)12-13)24(20,21)15-8-6-14(22-2)7-9-15/h5-10,12H,4,11H2,1-3H3. The fourth-order valence-corrected chi connectivity index (χ4v) is 4.08. The largest absolute Gasteiger partial charge is 0.497 e. The summed E-state index contributed by atoms with van der Waals surface area (Å²) in [5, 5.41) is 0.362. The molecule has 0 heterocycles. The molecule has 0 radical (unpaired) electrons. The van der Waals surface area contributed by atoms with Crippen molar-refractivity contribution in [2.75, 3.05) is 25.1 Å². The first-order chi connectivity index (χ1) is 11.4. The van der Waals surface area contributed by atoms with Gasteiger partial charge in [-0.05, 0) is 48.9 Å². The van der Waals surface area contributed by atoms with E-state index < -0.39 is 10.0 Å². The van der Waals surface area contributed by atoms with Gasteiger partial charge < -0.3 is 9.47 Å². The molecule has 130 valence electrons. The van der Waals surface area contributed by atoms with Crippen molar-refractivity contribution in [3.8, 4) is 11.5 Å². The maximum absolute atomic E-state index is 13.0. The summed E-state index contributed by atoms with van der Waals surface area (Å²) in [6.45, 7) is 2.26. The van der Waals surface area contributed by atoms with E-state index in [9.17, 15) is 8.42 Å². The van der Waals surface area contributed by atoms with Gasteiger partial charge in [-0.25, -0.2) is 8.42 Å². The van der Waals surface area contributed by atoms with Gasteiger partial charge >= 0.3 is 0 Å². The summed E-state index contributed by atoms with van der Waals surface area (Å²) in [5.74, 6) is 1.10. The number of sulfonamides is 1. The lowest BCUT2D eigenvalue weighted by Gasteiger charge is -2.24. The van der Waals surface area contributed by atoms with Crippen molar-refractivity contribution in [3.05, 3.63) is 47.5 Å². The molecule has 2 rings (SSSR count). The number of hydrogen-bond acceptors (Lipinski definition) is 4. The molecule has 0 aliphatic carbocycles. The fourth-order valence-electron chi connectivity index (χ4n) is 2.28. The molecule has 0 unspecified atom stereocenters. The van der Waals surface area contributed by atoms with Crippen LogP contribution in [0.3, 0.4) is 0 Å². The summed E-state index contributed by atoms with van der Waals surface area (Å²) in [4.78, 5) is 0.198. The normalized spacial score (nSPS) is 11.2. The van der Waals surface area contributed by atoms with Gasteiger partial charge in [0.1, 0.15) is 11.5 Å². The van der Waals surface area contributed by atoms with Crippen LogP contribution in [0.1, 0.15) is 13.3 Å². The predicted molar refractivity (Wildman–Crippen MR) is 95.8 cm³/mol. The summed E-state index contributed by atoms with van der Waals surface area (Å²) >= 11 is 6.15. The number of rotatable bonds is 7. The molecule has 2 aromatic carbocycles. The zero-order chi connectivity index (χ0) is 17.7. The molecule has 0 amide bonds. The second kappa shape index (κ2) is 7.77. The van der Waals surface area contributed by atoms with E-state index in [4.69, 9.17) is 21.1 Å². The number of benzene rings is 2. The lowest BCUT2D eigenvalue weighted by molar-refractivity contribution is 0.414. The first-order valence-electron chi connectivity index (χ1n) is 7.44. The van der Waals surface area contributed by atoms with Crippen molar-refractivity contribution in [2.24, 2.45) is 0 Å². The third-order valence-corrected chi connectivity index (χ3v) is 5.63. The van der Waals surface area contributed by atoms with Crippen molar-refractivity contribution in [2.45, 2.75) is 18.2 Å². The van der Waals surface area contributed by atoms with E-state index in [-0.39, 0.29) is 4.90 Å². The number of nitrogens with zero attached hydrogens (tertiary/aromatic N) is 1. The molecule has 24 heavy (non-hydrogen) atoms. The Balaban J connectivity index is 2.46. The van der Waals surface area contributed by atoms with Crippen LogP contribution in [0.25, 0.3) is 0 Å². The smallest absolute Gasteiger partial charge is 0.264 e. The lowest BCUT2D eigenvalue weighted by Crippen LogP contribution is -2.31. The average Bonchev–Trinajstić information content (AvgIpc) is 2.59. The molecule has 7 heteroatoms. The Kier molecular flexibility index (Phi) is 5.96. The van der Waals surface area contributed by atoms with E-state index in [2.05, 4.69) is 0 Å². The fraction of sp³-hybridized carbons (Fsp3) is 0.294. The molecule has 0 spiro atoms. The highest BCUT2D eigenvalue weighted by atomic mass is 35.5. The summed E-state index contributed by atoms with van der Waals surface area (Å²) in [5.41, 5.74) is 0.499. The van der Waals surface area contributed by atoms with Gasteiger partial charge in [0.25, 0.3) is 10.0 Å². The van der Waals surface area contributed by atoms with Crippen LogP contribution in [0.2, 0.25) is 5.02 Å². The van der Waals surface area contributed by atoms with Crippen molar-refractivity contribution < 1.29 is 17.9 Å². The van der Waals surface area contributed by atoms with E-state index in [0.29, 0.717) is 35.2 Å². The topological polar surface area (TPSA) is 55.8 Å². The number of hydrogen-bond donors (Lipinski definition) is 0. The van der Waals surface area contributed by atoms with Gasteiger partial charge in [-0.2, -0.15) is 0 Å². The van der Waals surface area contributed by atoms with Crippen molar-refractivity contribution in [1.82, 2.24) is 0 Å². The van der Waals surface area contributed by atoms with Crippen molar-refractivity contribution in [3.63, 3.8) is 0 Å². The zero-order valence-corrected chi connectivity index (χ0v) is 15.4. The molecule has 0 saturated carbocycles. The zero-order valence-electron chi connectivity index (χ0n) is 13.8. The monoisotopic (exact) mass is 369 g/mol. The van der Waals surface area contributed by atoms with E-state index >= 15 is 0 Å². The number of anilines is 1. The Morgan fingerprint density at radius 2 is 1.71 bits per heavy atom. The highest BCUT2D eigenvalue weighted by molar-refractivity contribution is 7.92. The quantitative estimate of drug-likeness (QED) is 0.741. The summed E-state index contributed by atoms with van der Waals surface area (Å²) in [6.07, 6.45) is 0.666. The molecule has 0 aliphatic rings. The van der Waals surface area contributed by atoms with Crippen LogP contribution in [-0.2, 0) is 10.0 Å². The van der Waals surface area contributed by atoms with Gasteiger partial charge in [-0.15, -0.1) is 0 Å². The molecule has 0 atom stereocenters. The lowest BCUT2D eigenvalue weighted by atomic mass is 10.3. The first kappa shape index (κ1) is 18.4. The van der Waals surface area contributed by atoms with E-state index in [0.717, 1.165) is 0 Å². The van der Waals surface area contributed by atoms with E-state index in [1.165, 1.54) is 30.7 Å². The van der Waals surface area contributed by atoms with Crippen LogP contribution in [0, 0.1) is 0 Å². The Labute approximate surface area is 147 Å². The molecule has 0 saturated heterocycles. The minimum absolute atomic E-state index is 0.198. The van der Waals surface area contributed by atoms with Crippen molar-refractivity contribution >= 4 is 27.3 Å². The van der Waals surface area contributed by atoms with Crippen LogP contribution in [0.5, 0.6) is 11.5 Å². The third kappa shape index (κ3) is 3.76.